The molecule has 108 valence electrons. The first kappa shape index (κ1) is 16.0. The second-order valence-corrected chi connectivity index (χ2v) is 5.54. The highest BCUT2D eigenvalue weighted by atomic mass is 16.5. The van der Waals surface area contributed by atoms with E-state index in [-0.39, 0.29) is 5.60 Å². The molecule has 1 aromatic rings. The van der Waals surface area contributed by atoms with Crippen molar-refractivity contribution in [2.75, 3.05) is 21.3 Å². The minimum Gasteiger partial charge on any atom is -0.497 e. The third kappa shape index (κ3) is 5.62. The number of likely N-dealkylation sites (N-methyl/N-ethyl adjacent to an activating group) is 1. The van der Waals surface area contributed by atoms with Crippen LogP contribution in [0.2, 0.25) is 0 Å². The number of rotatable bonds is 8. The number of nitrogens with one attached hydrogen (secondary N) is 1. The van der Waals surface area contributed by atoms with Gasteiger partial charge in [-0.2, -0.15) is 0 Å². The van der Waals surface area contributed by atoms with E-state index in [1.54, 1.807) is 14.2 Å². The van der Waals surface area contributed by atoms with Crippen LogP contribution in [0.15, 0.2) is 24.3 Å². The van der Waals surface area contributed by atoms with E-state index in [0.717, 1.165) is 25.0 Å². The summed E-state index contributed by atoms with van der Waals surface area (Å²) < 4.78 is 10.6. The topological polar surface area (TPSA) is 30.5 Å². The summed E-state index contributed by atoms with van der Waals surface area (Å²) in [7, 11) is 5.49. The minimum atomic E-state index is -0.0466. The average molecular weight is 265 g/mol. The monoisotopic (exact) mass is 265 g/mol. The van der Waals surface area contributed by atoms with Crippen LogP contribution in [0.3, 0.4) is 0 Å². The number of methoxy groups -OCH3 is 2. The fourth-order valence-electron chi connectivity index (χ4n) is 2.02. The lowest BCUT2D eigenvalue weighted by atomic mass is 9.95. The molecular weight excluding hydrogens is 238 g/mol. The van der Waals surface area contributed by atoms with Crippen molar-refractivity contribution < 1.29 is 9.47 Å². The lowest BCUT2D eigenvalue weighted by Crippen LogP contribution is -2.31. The van der Waals surface area contributed by atoms with Crippen LogP contribution in [-0.4, -0.2) is 32.9 Å². The molecule has 1 atom stereocenters. The molecule has 19 heavy (non-hydrogen) atoms. The first-order chi connectivity index (χ1) is 9.00. The molecule has 0 aliphatic carbocycles. The molecule has 0 amide bonds. The van der Waals surface area contributed by atoms with Crippen LogP contribution in [0, 0.1) is 0 Å². The van der Waals surface area contributed by atoms with Gasteiger partial charge >= 0.3 is 0 Å². The maximum Gasteiger partial charge on any atom is 0.118 e. The largest absolute Gasteiger partial charge is 0.497 e. The van der Waals surface area contributed by atoms with Gasteiger partial charge in [-0.25, -0.2) is 0 Å². The first-order valence-corrected chi connectivity index (χ1v) is 6.86. The van der Waals surface area contributed by atoms with Crippen LogP contribution in [0.5, 0.6) is 5.75 Å². The number of ether oxygens (including phenoxy) is 2. The highest BCUT2D eigenvalue weighted by Crippen LogP contribution is 2.19. The van der Waals surface area contributed by atoms with Gasteiger partial charge in [-0.05, 0) is 57.9 Å². The molecule has 3 nitrogen and oxygen atoms in total. The van der Waals surface area contributed by atoms with Crippen LogP contribution in [0.1, 0.15) is 32.3 Å². The van der Waals surface area contributed by atoms with Gasteiger partial charge in [-0.1, -0.05) is 12.1 Å². The van der Waals surface area contributed by atoms with Crippen molar-refractivity contribution in [2.24, 2.45) is 0 Å². The summed E-state index contributed by atoms with van der Waals surface area (Å²) in [5.74, 6) is 0.908. The third-order valence-corrected chi connectivity index (χ3v) is 3.70. The zero-order valence-corrected chi connectivity index (χ0v) is 12.8. The maximum atomic E-state index is 5.47. The van der Waals surface area contributed by atoms with Crippen molar-refractivity contribution in [3.63, 3.8) is 0 Å². The number of hydrogen-bond acceptors (Lipinski definition) is 3. The Bertz CT molecular complexity index is 360. The van der Waals surface area contributed by atoms with Gasteiger partial charge < -0.3 is 14.8 Å². The molecule has 0 radical (unpaired) electrons. The highest BCUT2D eigenvalue weighted by Gasteiger charge is 2.18. The Hall–Kier alpha value is -1.06. The molecule has 1 aromatic carbocycles. The van der Waals surface area contributed by atoms with Crippen LogP contribution in [-0.2, 0) is 11.2 Å². The number of hydrogen-bond donors (Lipinski definition) is 1. The van der Waals surface area contributed by atoms with Gasteiger partial charge in [0.25, 0.3) is 0 Å². The molecule has 1 N–H and O–H groups in total. The van der Waals surface area contributed by atoms with E-state index in [1.165, 1.54) is 5.56 Å². The third-order valence-electron chi connectivity index (χ3n) is 3.70. The lowest BCUT2D eigenvalue weighted by molar-refractivity contribution is 0.0119. The van der Waals surface area contributed by atoms with Crippen molar-refractivity contribution in [1.82, 2.24) is 5.32 Å². The summed E-state index contributed by atoms with van der Waals surface area (Å²) in [5, 5.41) is 3.39. The Morgan fingerprint density at radius 3 is 2.26 bits per heavy atom. The summed E-state index contributed by atoms with van der Waals surface area (Å²) >= 11 is 0. The zero-order chi connectivity index (χ0) is 14.3. The molecule has 0 heterocycles. The summed E-state index contributed by atoms with van der Waals surface area (Å²) in [4.78, 5) is 0. The molecule has 3 heteroatoms. The molecular formula is C16H27NO2. The van der Waals surface area contributed by atoms with Gasteiger partial charge in [0, 0.05) is 13.2 Å². The quantitative estimate of drug-likeness (QED) is 0.783. The predicted molar refractivity (Wildman–Crippen MR) is 79.9 cm³/mol. The highest BCUT2D eigenvalue weighted by molar-refractivity contribution is 5.27. The van der Waals surface area contributed by atoms with Crippen molar-refractivity contribution >= 4 is 0 Å². The van der Waals surface area contributed by atoms with Gasteiger partial charge in [-0.3, -0.25) is 0 Å². The molecule has 0 fully saturated rings. The van der Waals surface area contributed by atoms with Gasteiger partial charge in [0.15, 0.2) is 0 Å². The van der Waals surface area contributed by atoms with E-state index >= 15 is 0 Å². The summed E-state index contributed by atoms with van der Waals surface area (Å²) in [6.45, 7) is 4.26. The van der Waals surface area contributed by atoms with E-state index in [4.69, 9.17) is 9.47 Å². The van der Waals surface area contributed by atoms with E-state index in [9.17, 15) is 0 Å². The molecule has 0 saturated carbocycles. The molecule has 0 bridgehead atoms. The summed E-state index contributed by atoms with van der Waals surface area (Å²) in [6.07, 6.45) is 3.18. The summed E-state index contributed by atoms with van der Waals surface area (Å²) in [6, 6.07) is 8.76. The van der Waals surface area contributed by atoms with Crippen LogP contribution >= 0.6 is 0 Å². The fraction of sp³-hybridized carbons (Fsp3) is 0.625. The number of benzene rings is 1. The lowest BCUT2D eigenvalue weighted by Gasteiger charge is -2.26. The van der Waals surface area contributed by atoms with Crippen LogP contribution in [0.4, 0.5) is 0 Å². The fourth-order valence-corrected chi connectivity index (χ4v) is 2.02. The molecule has 0 aliphatic heterocycles. The van der Waals surface area contributed by atoms with Gasteiger partial charge in [-0.15, -0.1) is 0 Å². The van der Waals surface area contributed by atoms with Crippen molar-refractivity contribution in [1.29, 1.82) is 0 Å². The summed E-state index contributed by atoms with van der Waals surface area (Å²) in [5.41, 5.74) is 1.28. The molecule has 0 aliphatic rings. The van der Waals surface area contributed by atoms with Crippen molar-refractivity contribution in [2.45, 2.75) is 44.8 Å². The smallest absolute Gasteiger partial charge is 0.118 e. The molecule has 0 saturated heterocycles. The Morgan fingerprint density at radius 1 is 1.16 bits per heavy atom. The zero-order valence-electron chi connectivity index (χ0n) is 12.8. The molecule has 1 rings (SSSR count). The predicted octanol–water partition coefficient (Wildman–Crippen LogP) is 3.03. The van der Waals surface area contributed by atoms with E-state index in [1.807, 2.05) is 19.2 Å². The van der Waals surface area contributed by atoms with Gasteiger partial charge in [0.05, 0.1) is 12.7 Å². The van der Waals surface area contributed by atoms with Crippen LogP contribution in [0.25, 0.3) is 0 Å². The van der Waals surface area contributed by atoms with Gasteiger partial charge in [0.1, 0.15) is 5.75 Å². The SMILES string of the molecule is CNC(CCC(C)(C)OC)Cc1ccc(OC)cc1. The Morgan fingerprint density at radius 2 is 1.79 bits per heavy atom. The van der Waals surface area contributed by atoms with Gasteiger partial charge in [0.2, 0.25) is 0 Å². The minimum absolute atomic E-state index is 0.0466. The van der Waals surface area contributed by atoms with Crippen molar-refractivity contribution in [3.8, 4) is 5.75 Å². The van der Waals surface area contributed by atoms with E-state index in [2.05, 4.69) is 31.3 Å². The Balaban J connectivity index is 2.51. The standard InChI is InChI=1S/C16H27NO2/c1-16(2,19-5)11-10-14(17-3)12-13-6-8-15(18-4)9-7-13/h6-9,14,17H,10-12H2,1-5H3. The van der Waals surface area contributed by atoms with Crippen molar-refractivity contribution in [3.05, 3.63) is 29.8 Å². The molecule has 1 unspecified atom stereocenters. The average Bonchev–Trinajstić information content (AvgIpc) is 2.44. The first-order valence-electron chi connectivity index (χ1n) is 6.86. The van der Waals surface area contributed by atoms with E-state index < -0.39 is 0 Å². The Labute approximate surface area is 117 Å². The van der Waals surface area contributed by atoms with Crippen LogP contribution < -0.4 is 10.1 Å². The molecule has 0 aromatic heterocycles. The second-order valence-electron chi connectivity index (χ2n) is 5.54. The van der Waals surface area contributed by atoms with E-state index in [0.29, 0.717) is 6.04 Å². The Kier molecular flexibility index (Phi) is 6.32. The second kappa shape index (κ2) is 7.51. The normalized spacial score (nSPS) is 13.3. The maximum absolute atomic E-state index is 5.47. The molecule has 0 spiro atoms.